The average molecular weight is 469 g/mol. The minimum Gasteiger partial charge on any atom is -0.457 e. The number of halogens is 4. The van der Waals surface area contributed by atoms with E-state index in [1.165, 1.54) is 26.0 Å². The van der Waals surface area contributed by atoms with E-state index in [4.69, 9.17) is 16.3 Å². The number of hydrogen-bond donors (Lipinski definition) is 1. The molecule has 1 unspecified atom stereocenters. The fourth-order valence-electron chi connectivity index (χ4n) is 2.83. The van der Waals surface area contributed by atoms with Gasteiger partial charge >= 0.3 is 6.18 Å². The minimum atomic E-state index is -4.65. The summed E-state index contributed by atoms with van der Waals surface area (Å²) in [6.07, 6.45) is -4.65. The van der Waals surface area contributed by atoms with Crippen LogP contribution in [-0.4, -0.2) is 20.6 Å². The fraction of sp³-hybridized carbons (Fsp3) is 0.200. The molecule has 168 valence electrons. The van der Waals surface area contributed by atoms with Gasteiger partial charge in [-0.15, -0.1) is 0 Å². The Morgan fingerprint density at radius 3 is 2.41 bits per heavy atom. The van der Waals surface area contributed by atoms with Crippen LogP contribution in [0.1, 0.15) is 24.4 Å². The molecule has 3 aromatic rings. The third-order valence-corrected chi connectivity index (χ3v) is 4.63. The van der Waals surface area contributed by atoms with E-state index < -0.39 is 28.7 Å². The third-order valence-electron chi connectivity index (χ3n) is 4.38. The summed E-state index contributed by atoms with van der Waals surface area (Å²) >= 11 is 5.82. The summed E-state index contributed by atoms with van der Waals surface area (Å²) in [5.41, 5.74) is -1.32. The van der Waals surface area contributed by atoms with Crippen molar-refractivity contribution in [3.8, 4) is 11.5 Å². The van der Waals surface area contributed by atoms with Crippen molar-refractivity contribution in [1.82, 2.24) is 9.78 Å². The van der Waals surface area contributed by atoms with E-state index in [0.717, 1.165) is 16.8 Å². The zero-order chi connectivity index (χ0) is 23.6. The van der Waals surface area contributed by atoms with Crippen molar-refractivity contribution in [1.29, 1.82) is 0 Å². The summed E-state index contributed by atoms with van der Waals surface area (Å²) in [6.45, 7) is 2.75. The van der Waals surface area contributed by atoms with Crippen LogP contribution in [0.4, 0.5) is 24.5 Å². The molecule has 1 N–H and O–H groups in total. The molecule has 0 aliphatic rings. The van der Waals surface area contributed by atoms with Crippen molar-refractivity contribution < 1.29 is 27.6 Å². The average Bonchev–Trinajstić information content (AvgIpc) is 3.11. The maximum atomic E-state index is 12.9. The second-order valence-electron chi connectivity index (χ2n) is 6.81. The Hall–Kier alpha value is -3.60. The number of benzene rings is 2. The van der Waals surface area contributed by atoms with Gasteiger partial charge in [-0.1, -0.05) is 11.6 Å². The molecule has 1 amide bonds. The number of aromatic nitrogens is 2. The minimum absolute atomic E-state index is 0.0286. The van der Waals surface area contributed by atoms with Crippen molar-refractivity contribution in [2.24, 2.45) is 0 Å². The molecule has 0 spiro atoms. The quantitative estimate of drug-likeness (QED) is 0.366. The number of nitro benzene ring substituents is 1. The summed E-state index contributed by atoms with van der Waals surface area (Å²) in [6, 6.07) is 9.59. The largest absolute Gasteiger partial charge is 0.457 e. The topological polar surface area (TPSA) is 99.3 Å². The molecule has 12 heteroatoms. The number of nitrogens with zero attached hydrogens (tertiary/aromatic N) is 3. The highest BCUT2D eigenvalue weighted by Gasteiger charge is 2.35. The van der Waals surface area contributed by atoms with Gasteiger partial charge in [0.05, 0.1) is 16.7 Å². The first-order valence-electron chi connectivity index (χ1n) is 9.11. The van der Waals surface area contributed by atoms with E-state index in [9.17, 15) is 28.1 Å². The number of alkyl halides is 3. The first kappa shape index (κ1) is 23.1. The monoisotopic (exact) mass is 468 g/mol. The third kappa shape index (κ3) is 5.35. The summed E-state index contributed by atoms with van der Waals surface area (Å²) in [5.74, 6) is -0.297. The first-order chi connectivity index (χ1) is 14.9. The Balaban J connectivity index is 1.84. The fourth-order valence-corrected chi connectivity index (χ4v) is 2.96. The van der Waals surface area contributed by atoms with E-state index in [2.05, 4.69) is 10.4 Å². The molecule has 0 bridgehead atoms. The molecule has 0 fully saturated rings. The zero-order valence-electron chi connectivity index (χ0n) is 16.7. The van der Waals surface area contributed by atoms with Crippen LogP contribution in [0.5, 0.6) is 11.5 Å². The van der Waals surface area contributed by atoms with Crippen molar-refractivity contribution >= 4 is 28.9 Å². The lowest BCUT2D eigenvalue weighted by Gasteiger charge is -2.15. The number of ether oxygens (including phenoxy) is 1. The van der Waals surface area contributed by atoms with Gasteiger partial charge in [0.25, 0.3) is 5.69 Å². The number of nitro groups is 1. The van der Waals surface area contributed by atoms with Gasteiger partial charge in [-0.2, -0.15) is 18.3 Å². The molecule has 2 aromatic carbocycles. The number of non-ortho nitro benzene ring substituents is 1. The zero-order valence-corrected chi connectivity index (χ0v) is 17.4. The lowest BCUT2D eigenvalue weighted by atomic mass is 10.2. The van der Waals surface area contributed by atoms with Gasteiger partial charge in [0.2, 0.25) is 5.91 Å². The molecule has 1 heterocycles. The van der Waals surface area contributed by atoms with Crippen LogP contribution in [0, 0.1) is 17.0 Å². The highest BCUT2D eigenvalue weighted by atomic mass is 35.5. The Bertz CT molecular complexity index is 1160. The summed E-state index contributed by atoms with van der Waals surface area (Å²) in [5, 5.41) is 17.7. The van der Waals surface area contributed by atoms with Gasteiger partial charge in [-0.05, 0) is 44.2 Å². The SMILES string of the molecule is Cc1cc(C(F)(F)F)nn1C(C)C(=O)Nc1cc(Oc2ccc(Cl)cc2)cc([N+](=O)[O-])c1. The number of nitrogens with one attached hydrogen (secondary N) is 1. The Morgan fingerprint density at radius 2 is 1.84 bits per heavy atom. The molecular formula is C20H16ClF3N4O4. The maximum Gasteiger partial charge on any atom is 0.435 e. The Labute approximate surface area is 184 Å². The molecule has 0 saturated heterocycles. The predicted molar refractivity (Wildman–Crippen MR) is 110 cm³/mol. The van der Waals surface area contributed by atoms with Crippen LogP contribution in [0.2, 0.25) is 5.02 Å². The highest BCUT2D eigenvalue weighted by molar-refractivity contribution is 6.30. The van der Waals surface area contributed by atoms with E-state index in [-0.39, 0.29) is 22.8 Å². The predicted octanol–water partition coefficient (Wildman–Crippen LogP) is 5.76. The number of aryl methyl sites for hydroxylation is 1. The molecular weight excluding hydrogens is 453 g/mol. The van der Waals surface area contributed by atoms with E-state index in [1.54, 1.807) is 24.3 Å². The van der Waals surface area contributed by atoms with Crippen molar-refractivity contribution in [3.63, 3.8) is 0 Å². The lowest BCUT2D eigenvalue weighted by Crippen LogP contribution is -2.25. The molecule has 32 heavy (non-hydrogen) atoms. The van der Waals surface area contributed by atoms with Crippen molar-refractivity contribution in [2.45, 2.75) is 26.1 Å². The molecule has 0 aliphatic carbocycles. The second kappa shape index (κ2) is 8.87. The van der Waals surface area contributed by atoms with Gasteiger partial charge in [0.15, 0.2) is 5.69 Å². The summed E-state index contributed by atoms with van der Waals surface area (Å²) < 4.78 is 45.2. The summed E-state index contributed by atoms with van der Waals surface area (Å²) in [7, 11) is 0. The van der Waals surface area contributed by atoms with Gasteiger partial charge in [0.1, 0.15) is 17.5 Å². The molecule has 8 nitrogen and oxygen atoms in total. The van der Waals surface area contributed by atoms with Crippen LogP contribution in [-0.2, 0) is 11.0 Å². The maximum absolute atomic E-state index is 12.9. The van der Waals surface area contributed by atoms with Crippen LogP contribution in [0.3, 0.4) is 0 Å². The normalized spacial score (nSPS) is 12.3. The Morgan fingerprint density at radius 1 is 1.19 bits per heavy atom. The molecule has 0 radical (unpaired) electrons. The number of hydrogen-bond acceptors (Lipinski definition) is 5. The molecule has 1 atom stereocenters. The molecule has 1 aromatic heterocycles. The number of carbonyl (C=O) groups excluding carboxylic acids is 1. The number of anilines is 1. The number of amides is 1. The van der Waals surface area contributed by atoms with Crippen LogP contribution in [0.15, 0.2) is 48.5 Å². The van der Waals surface area contributed by atoms with Gasteiger partial charge in [0, 0.05) is 22.8 Å². The van der Waals surface area contributed by atoms with E-state index in [0.29, 0.717) is 10.8 Å². The summed E-state index contributed by atoms with van der Waals surface area (Å²) in [4.78, 5) is 23.3. The van der Waals surface area contributed by atoms with Gasteiger partial charge in [-0.25, -0.2) is 0 Å². The van der Waals surface area contributed by atoms with Crippen molar-refractivity contribution in [3.05, 3.63) is 75.1 Å². The standard InChI is InChI=1S/C20H16ClF3N4O4/c1-11-7-18(20(22,23)24)26-27(11)12(2)19(29)25-14-8-15(28(30)31)10-17(9-14)32-16-5-3-13(21)4-6-16/h3-10,12H,1-2H3,(H,25,29). The smallest absolute Gasteiger partial charge is 0.435 e. The van der Waals surface area contributed by atoms with E-state index in [1.807, 2.05) is 0 Å². The first-order valence-corrected chi connectivity index (χ1v) is 9.49. The highest BCUT2D eigenvalue weighted by Crippen LogP contribution is 2.32. The van der Waals surface area contributed by atoms with Crippen LogP contribution in [0.25, 0.3) is 0 Å². The van der Waals surface area contributed by atoms with E-state index >= 15 is 0 Å². The molecule has 0 aliphatic heterocycles. The number of carbonyl (C=O) groups is 1. The molecule has 3 rings (SSSR count). The van der Waals surface area contributed by atoms with Crippen LogP contribution >= 0.6 is 11.6 Å². The van der Waals surface area contributed by atoms with Gasteiger partial charge < -0.3 is 10.1 Å². The Kier molecular flexibility index (Phi) is 6.40. The van der Waals surface area contributed by atoms with Gasteiger partial charge in [-0.3, -0.25) is 19.6 Å². The molecule has 0 saturated carbocycles. The number of rotatable bonds is 6. The second-order valence-corrected chi connectivity index (χ2v) is 7.24. The van der Waals surface area contributed by atoms with Crippen molar-refractivity contribution in [2.75, 3.05) is 5.32 Å². The lowest BCUT2D eigenvalue weighted by molar-refractivity contribution is -0.384. The van der Waals surface area contributed by atoms with Crippen LogP contribution < -0.4 is 10.1 Å².